The van der Waals surface area contributed by atoms with E-state index >= 15 is 0 Å². The van der Waals surface area contributed by atoms with Gasteiger partial charge in [0.1, 0.15) is 17.2 Å². The first-order valence-electron chi connectivity index (χ1n) is 9.75. The van der Waals surface area contributed by atoms with E-state index in [0.717, 1.165) is 0 Å². The second-order valence-corrected chi connectivity index (χ2v) is 8.68. The minimum atomic E-state index is -3.73. The molecule has 0 bridgehead atoms. The summed E-state index contributed by atoms with van der Waals surface area (Å²) in [5.41, 5.74) is 1.00. The number of anilines is 1. The maximum atomic E-state index is 13.8. The monoisotopic (exact) mass is 431 g/mol. The van der Waals surface area contributed by atoms with Crippen LogP contribution in [0.4, 0.5) is 5.69 Å². The zero-order valence-corrected chi connectivity index (χ0v) is 18.4. The lowest BCUT2D eigenvalue weighted by Gasteiger charge is -2.33. The fraction of sp³-hybridized carbons (Fsp3) is 0.318. The highest BCUT2D eigenvalue weighted by molar-refractivity contribution is 7.54. The number of carbonyl (C=O) groups is 1. The molecule has 0 aromatic heterocycles. The number of allylic oxidation sites excluding steroid dienone is 1. The Morgan fingerprint density at radius 2 is 1.70 bits per heavy atom. The lowest BCUT2D eigenvalue weighted by Crippen LogP contribution is -2.27. The molecule has 0 spiro atoms. The van der Waals surface area contributed by atoms with Gasteiger partial charge in [-0.25, -0.2) is 4.79 Å². The number of hydrogen-bond donors (Lipinski definition) is 1. The van der Waals surface area contributed by atoms with E-state index in [9.17, 15) is 9.36 Å². The Kier molecular flexibility index (Phi) is 6.98. The Bertz CT molecular complexity index is 993. The first kappa shape index (κ1) is 22.1. The first-order chi connectivity index (χ1) is 14.4. The number of nitrogens with one attached hydrogen (secondary N) is 1. The van der Waals surface area contributed by atoms with Crippen LogP contribution in [0.15, 0.2) is 59.8 Å². The van der Waals surface area contributed by atoms with Crippen LogP contribution in [-0.2, 0) is 18.4 Å². The van der Waals surface area contributed by atoms with E-state index in [1.807, 2.05) is 18.2 Å². The van der Waals surface area contributed by atoms with Gasteiger partial charge < -0.3 is 23.8 Å². The van der Waals surface area contributed by atoms with E-state index in [1.165, 1.54) is 0 Å². The summed E-state index contributed by atoms with van der Waals surface area (Å²) in [6.07, 6.45) is 0. The van der Waals surface area contributed by atoms with Crippen molar-refractivity contribution in [2.75, 3.05) is 25.6 Å². The van der Waals surface area contributed by atoms with Crippen molar-refractivity contribution in [3.8, 4) is 11.5 Å². The van der Waals surface area contributed by atoms with Crippen LogP contribution in [-0.4, -0.2) is 26.3 Å². The van der Waals surface area contributed by atoms with Gasteiger partial charge in [0.15, 0.2) is 0 Å². The van der Waals surface area contributed by atoms with E-state index in [1.54, 1.807) is 58.2 Å². The molecule has 0 aliphatic carbocycles. The zero-order chi connectivity index (χ0) is 21.7. The third-order valence-electron chi connectivity index (χ3n) is 4.68. The standard InChI is InChI=1S/C22H26NO6P/c1-5-27-30(25,28-6-2)21-16-11-7-9-13-18(16)29-22(24)20(21)15(3)23-17-12-8-10-14-19(17)26-4/h7-14,21,23H,5-6H2,1-4H3. The fourth-order valence-corrected chi connectivity index (χ4v) is 5.73. The van der Waals surface area contributed by atoms with Crippen molar-refractivity contribution in [2.45, 2.75) is 26.4 Å². The highest BCUT2D eigenvalue weighted by Gasteiger charge is 2.47. The number of fused-ring (bicyclic) bond motifs is 1. The Labute approximate surface area is 176 Å². The molecule has 0 saturated carbocycles. The lowest BCUT2D eigenvalue weighted by molar-refractivity contribution is -0.131. The van der Waals surface area contributed by atoms with Gasteiger partial charge in [-0.05, 0) is 39.0 Å². The van der Waals surface area contributed by atoms with Crippen molar-refractivity contribution in [1.29, 1.82) is 0 Å². The van der Waals surface area contributed by atoms with Crippen LogP contribution in [0.3, 0.4) is 0 Å². The highest BCUT2D eigenvalue weighted by Crippen LogP contribution is 2.66. The second kappa shape index (κ2) is 9.47. The molecule has 160 valence electrons. The molecular weight excluding hydrogens is 405 g/mol. The van der Waals surface area contributed by atoms with Crippen LogP contribution < -0.4 is 14.8 Å². The molecule has 7 nitrogen and oxygen atoms in total. The Morgan fingerprint density at radius 1 is 1.07 bits per heavy atom. The summed E-state index contributed by atoms with van der Waals surface area (Å²) in [6.45, 7) is 5.56. The Morgan fingerprint density at radius 3 is 2.37 bits per heavy atom. The fourth-order valence-electron chi connectivity index (χ4n) is 3.47. The van der Waals surface area contributed by atoms with Crippen LogP contribution in [0.1, 0.15) is 32.0 Å². The number of methoxy groups -OCH3 is 1. The first-order valence-corrected chi connectivity index (χ1v) is 11.4. The molecule has 3 rings (SSSR count). The molecular formula is C22H26NO6P. The van der Waals surface area contributed by atoms with Gasteiger partial charge in [0, 0.05) is 11.3 Å². The van der Waals surface area contributed by atoms with E-state index in [-0.39, 0.29) is 18.8 Å². The van der Waals surface area contributed by atoms with Crippen LogP contribution in [0, 0.1) is 0 Å². The number of carbonyl (C=O) groups excluding carboxylic acids is 1. The van der Waals surface area contributed by atoms with Crippen molar-refractivity contribution >= 4 is 19.3 Å². The molecule has 2 aromatic rings. The smallest absolute Gasteiger partial charge is 0.342 e. The molecule has 1 N–H and O–H groups in total. The molecule has 1 aliphatic heterocycles. The lowest BCUT2D eigenvalue weighted by atomic mass is 9.99. The number of esters is 1. The van der Waals surface area contributed by atoms with Crippen LogP contribution in [0.2, 0.25) is 0 Å². The predicted octanol–water partition coefficient (Wildman–Crippen LogP) is 5.31. The van der Waals surface area contributed by atoms with Crippen molar-refractivity contribution in [3.05, 3.63) is 65.4 Å². The summed E-state index contributed by atoms with van der Waals surface area (Å²) in [5, 5.41) is 3.20. The second-order valence-electron chi connectivity index (χ2n) is 6.57. The van der Waals surface area contributed by atoms with E-state index in [0.29, 0.717) is 28.4 Å². The van der Waals surface area contributed by atoms with Crippen LogP contribution >= 0.6 is 7.60 Å². The molecule has 0 amide bonds. The molecule has 2 aromatic carbocycles. The molecule has 8 heteroatoms. The number of para-hydroxylation sites is 3. The van der Waals surface area contributed by atoms with Gasteiger partial charge >= 0.3 is 13.6 Å². The molecule has 1 unspecified atom stereocenters. The minimum Gasteiger partial charge on any atom is -0.495 e. The quantitative estimate of drug-likeness (QED) is 0.263. The predicted molar refractivity (Wildman–Crippen MR) is 115 cm³/mol. The number of benzene rings is 2. The summed E-state index contributed by atoms with van der Waals surface area (Å²) in [4.78, 5) is 13.0. The molecule has 1 atom stereocenters. The third kappa shape index (κ3) is 4.29. The topological polar surface area (TPSA) is 83.1 Å². The third-order valence-corrected chi connectivity index (χ3v) is 7.08. The van der Waals surface area contributed by atoms with Gasteiger partial charge in [-0.15, -0.1) is 0 Å². The van der Waals surface area contributed by atoms with E-state index in [2.05, 4.69) is 5.32 Å². The van der Waals surface area contributed by atoms with Crippen LogP contribution in [0.5, 0.6) is 11.5 Å². The molecule has 1 heterocycles. The van der Waals surface area contributed by atoms with Gasteiger partial charge in [-0.2, -0.15) is 0 Å². The van der Waals surface area contributed by atoms with Gasteiger partial charge in [0.25, 0.3) is 0 Å². The van der Waals surface area contributed by atoms with Crippen molar-refractivity contribution in [3.63, 3.8) is 0 Å². The number of ether oxygens (including phenoxy) is 2. The van der Waals surface area contributed by atoms with Gasteiger partial charge in [-0.3, -0.25) is 4.57 Å². The number of rotatable bonds is 8. The summed E-state index contributed by atoms with van der Waals surface area (Å²) < 4.78 is 36.0. The average molecular weight is 431 g/mol. The van der Waals surface area contributed by atoms with Crippen molar-refractivity contribution in [1.82, 2.24) is 0 Å². The molecule has 1 aliphatic rings. The van der Waals surface area contributed by atoms with Crippen molar-refractivity contribution in [2.24, 2.45) is 0 Å². The maximum Gasteiger partial charge on any atom is 0.342 e. The molecule has 0 fully saturated rings. The Hall–Kier alpha value is -2.60. The molecule has 0 radical (unpaired) electrons. The average Bonchev–Trinajstić information content (AvgIpc) is 2.73. The number of hydrogen-bond acceptors (Lipinski definition) is 7. The van der Waals surface area contributed by atoms with Gasteiger partial charge in [0.2, 0.25) is 0 Å². The van der Waals surface area contributed by atoms with E-state index < -0.39 is 19.2 Å². The maximum absolute atomic E-state index is 13.8. The zero-order valence-electron chi connectivity index (χ0n) is 17.5. The summed E-state index contributed by atoms with van der Waals surface area (Å²) >= 11 is 0. The molecule has 0 saturated heterocycles. The SMILES string of the molecule is CCOP(=O)(OCC)C1C(=C(C)Nc2ccccc2OC)C(=O)Oc2ccccc21. The van der Waals surface area contributed by atoms with Gasteiger partial charge in [-0.1, -0.05) is 30.3 Å². The minimum absolute atomic E-state index is 0.178. The highest BCUT2D eigenvalue weighted by atomic mass is 31.2. The normalized spacial score (nSPS) is 17.7. The van der Waals surface area contributed by atoms with Crippen molar-refractivity contribution < 1.29 is 27.9 Å². The van der Waals surface area contributed by atoms with Gasteiger partial charge in [0.05, 0.1) is 31.6 Å². The van der Waals surface area contributed by atoms with Crippen LogP contribution in [0.25, 0.3) is 0 Å². The summed E-state index contributed by atoms with van der Waals surface area (Å²) in [7, 11) is -2.16. The summed E-state index contributed by atoms with van der Waals surface area (Å²) in [5.74, 6) is 0.357. The van der Waals surface area contributed by atoms with E-state index in [4.69, 9.17) is 18.5 Å². The molecule has 30 heavy (non-hydrogen) atoms. The summed E-state index contributed by atoms with van der Waals surface area (Å²) in [6, 6.07) is 14.3. The Balaban J connectivity index is 2.18. The largest absolute Gasteiger partial charge is 0.495 e.